The molecule has 108 valence electrons. The van der Waals surface area contributed by atoms with E-state index < -0.39 is 18.3 Å². The first-order valence-electron chi connectivity index (χ1n) is 6.30. The van der Waals surface area contributed by atoms with E-state index in [1.54, 1.807) is 18.2 Å². The molecule has 0 spiro atoms. The van der Waals surface area contributed by atoms with Crippen molar-refractivity contribution in [2.45, 2.75) is 18.8 Å². The van der Waals surface area contributed by atoms with Gasteiger partial charge in [-0.25, -0.2) is 0 Å². The second-order valence-electron chi connectivity index (χ2n) is 4.49. The van der Waals surface area contributed by atoms with E-state index in [1.807, 2.05) is 0 Å². The van der Waals surface area contributed by atoms with Crippen molar-refractivity contribution < 1.29 is 23.8 Å². The lowest BCUT2D eigenvalue weighted by Crippen LogP contribution is -2.33. The molecule has 1 aliphatic heterocycles. The number of benzene rings is 1. The molecule has 6 nitrogen and oxygen atoms in total. The van der Waals surface area contributed by atoms with E-state index >= 15 is 0 Å². The summed E-state index contributed by atoms with van der Waals surface area (Å²) >= 11 is 0. The molecular formula is C14H17NO5. The lowest BCUT2D eigenvalue weighted by Gasteiger charge is -2.15. The standard InChI is InChI=1S/C14H17NO5/c1-18-13(17)12(15)7-9-2-3-10(8-16)11(6-9)14-19-4-5-20-14/h2-3,6,8,12,14H,4-5,7,15H2,1H3/t12-/m0/s1. The number of hydrogen-bond donors (Lipinski definition) is 1. The molecule has 0 aliphatic carbocycles. The summed E-state index contributed by atoms with van der Waals surface area (Å²) in [6, 6.07) is 4.47. The van der Waals surface area contributed by atoms with Crippen LogP contribution in [-0.4, -0.2) is 38.6 Å². The van der Waals surface area contributed by atoms with E-state index in [9.17, 15) is 9.59 Å². The second-order valence-corrected chi connectivity index (χ2v) is 4.49. The van der Waals surface area contributed by atoms with Crippen LogP contribution in [0.2, 0.25) is 0 Å². The van der Waals surface area contributed by atoms with Gasteiger partial charge in [0.1, 0.15) is 6.04 Å². The molecule has 6 heteroatoms. The molecule has 1 atom stereocenters. The quantitative estimate of drug-likeness (QED) is 0.627. The molecule has 0 radical (unpaired) electrons. The fourth-order valence-corrected chi connectivity index (χ4v) is 2.09. The summed E-state index contributed by atoms with van der Waals surface area (Å²) in [5.41, 5.74) is 7.72. The molecule has 1 fully saturated rings. The van der Waals surface area contributed by atoms with Crippen molar-refractivity contribution in [1.29, 1.82) is 0 Å². The summed E-state index contributed by atoms with van der Waals surface area (Å²) in [6.07, 6.45) is 0.542. The smallest absolute Gasteiger partial charge is 0.322 e. The van der Waals surface area contributed by atoms with Crippen LogP contribution >= 0.6 is 0 Å². The number of carbonyl (C=O) groups excluding carboxylic acids is 2. The molecule has 20 heavy (non-hydrogen) atoms. The van der Waals surface area contributed by atoms with Gasteiger partial charge in [0.15, 0.2) is 12.6 Å². The predicted molar refractivity (Wildman–Crippen MR) is 70.2 cm³/mol. The highest BCUT2D eigenvalue weighted by Crippen LogP contribution is 2.27. The van der Waals surface area contributed by atoms with E-state index in [1.165, 1.54) is 7.11 Å². The van der Waals surface area contributed by atoms with Crippen LogP contribution in [0.15, 0.2) is 18.2 Å². The Morgan fingerprint density at radius 1 is 1.50 bits per heavy atom. The van der Waals surface area contributed by atoms with E-state index in [0.717, 1.165) is 11.8 Å². The van der Waals surface area contributed by atoms with Crippen molar-refractivity contribution in [3.8, 4) is 0 Å². The lowest BCUT2D eigenvalue weighted by atomic mass is 10.00. The number of aldehydes is 1. The Bertz CT molecular complexity index is 496. The number of ether oxygens (including phenoxy) is 3. The van der Waals surface area contributed by atoms with Crippen LogP contribution in [0.25, 0.3) is 0 Å². The van der Waals surface area contributed by atoms with Gasteiger partial charge in [-0.1, -0.05) is 12.1 Å². The largest absolute Gasteiger partial charge is 0.468 e. The molecule has 0 bridgehead atoms. The summed E-state index contributed by atoms with van der Waals surface area (Å²) in [5.74, 6) is -0.473. The molecule has 1 aromatic carbocycles. The first-order chi connectivity index (χ1) is 9.65. The maximum Gasteiger partial charge on any atom is 0.322 e. The topological polar surface area (TPSA) is 87.9 Å². The molecule has 2 N–H and O–H groups in total. The number of carbonyl (C=O) groups is 2. The minimum atomic E-state index is -0.736. The Morgan fingerprint density at radius 2 is 2.20 bits per heavy atom. The minimum Gasteiger partial charge on any atom is -0.468 e. The van der Waals surface area contributed by atoms with Crippen molar-refractivity contribution >= 4 is 12.3 Å². The van der Waals surface area contributed by atoms with E-state index in [2.05, 4.69) is 4.74 Å². The molecule has 1 saturated heterocycles. The zero-order valence-corrected chi connectivity index (χ0v) is 11.2. The zero-order valence-electron chi connectivity index (χ0n) is 11.2. The molecule has 1 aliphatic rings. The second kappa shape index (κ2) is 6.60. The highest BCUT2D eigenvalue weighted by atomic mass is 16.7. The fraction of sp³-hybridized carbons (Fsp3) is 0.429. The van der Waals surface area contributed by atoms with Gasteiger partial charge in [0, 0.05) is 11.1 Å². The first kappa shape index (κ1) is 14.6. The Kier molecular flexibility index (Phi) is 4.84. The van der Waals surface area contributed by atoms with E-state index in [4.69, 9.17) is 15.2 Å². The number of rotatable bonds is 5. The van der Waals surface area contributed by atoms with E-state index in [-0.39, 0.29) is 0 Å². The van der Waals surface area contributed by atoms with Crippen LogP contribution in [0.1, 0.15) is 27.8 Å². The average molecular weight is 279 g/mol. The first-order valence-corrected chi connectivity index (χ1v) is 6.30. The monoisotopic (exact) mass is 279 g/mol. The Balaban J connectivity index is 2.20. The maximum atomic E-state index is 11.3. The van der Waals surface area contributed by atoms with Crippen LogP contribution < -0.4 is 5.73 Å². The van der Waals surface area contributed by atoms with Gasteiger partial charge in [0.25, 0.3) is 0 Å². The Morgan fingerprint density at radius 3 is 2.80 bits per heavy atom. The number of methoxy groups -OCH3 is 1. The molecule has 0 aromatic heterocycles. The van der Waals surface area contributed by atoms with Gasteiger partial charge in [0.2, 0.25) is 0 Å². The molecule has 1 aromatic rings. The Labute approximate surface area is 116 Å². The van der Waals surface area contributed by atoms with Crippen LogP contribution in [0, 0.1) is 0 Å². The van der Waals surface area contributed by atoms with E-state index in [0.29, 0.717) is 30.8 Å². The third-order valence-corrected chi connectivity index (χ3v) is 3.11. The normalized spacial score (nSPS) is 16.9. The minimum absolute atomic E-state index is 0.325. The highest BCUT2D eigenvalue weighted by molar-refractivity contribution is 5.78. The van der Waals surface area contributed by atoms with Gasteiger partial charge in [-0.2, -0.15) is 0 Å². The maximum absolute atomic E-state index is 11.3. The third kappa shape index (κ3) is 3.22. The number of hydrogen-bond acceptors (Lipinski definition) is 6. The summed E-state index contributed by atoms with van der Waals surface area (Å²) < 4.78 is 15.4. The molecule has 1 heterocycles. The average Bonchev–Trinajstić information content (AvgIpc) is 3.00. The summed E-state index contributed by atoms with van der Waals surface area (Å²) in [6.45, 7) is 0.990. The van der Waals surface area contributed by atoms with Gasteiger partial charge < -0.3 is 19.9 Å². The summed E-state index contributed by atoms with van der Waals surface area (Å²) in [7, 11) is 1.29. The molecular weight excluding hydrogens is 262 g/mol. The van der Waals surface area contributed by atoms with Crippen LogP contribution in [0.4, 0.5) is 0 Å². The van der Waals surface area contributed by atoms with Crippen molar-refractivity contribution in [3.63, 3.8) is 0 Å². The van der Waals surface area contributed by atoms with Crippen molar-refractivity contribution in [3.05, 3.63) is 34.9 Å². The van der Waals surface area contributed by atoms with Gasteiger partial charge in [-0.15, -0.1) is 0 Å². The molecule has 0 amide bonds. The number of nitrogens with two attached hydrogens (primary N) is 1. The SMILES string of the molecule is COC(=O)[C@@H](N)Cc1ccc(C=O)c(C2OCCO2)c1. The van der Waals surface area contributed by atoms with Crippen molar-refractivity contribution in [2.75, 3.05) is 20.3 Å². The van der Waals surface area contributed by atoms with Gasteiger partial charge in [-0.3, -0.25) is 9.59 Å². The van der Waals surface area contributed by atoms with Gasteiger partial charge >= 0.3 is 5.97 Å². The van der Waals surface area contributed by atoms with Crippen molar-refractivity contribution in [1.82, 2.24) is 0 Å². The Hall–Kier alpha value is -1.76. The van der Waals surface area contributed by atoms with Crippen LogP contribution in [-0.2, 0) is 25.4 Å². The summed E-state index contributed by atoms with van der Waals surface area (Å²) in [5, 5.41) is 0. The van der Waals surface area contributed by atoms with Gasteiger partial charge in [-0.05, 0) is 18.1 Å². The van der Waals surface area contributed by atoms with Gasteiger partial charge in [0.05, 0.1) is 20.3 Å². The third-order valence-electron chi connectivity index (χ3n) is 3.11. The van der Waals surface area contributed by atoms with Crippen molar-refractivity contribution in [2.24, 2.45) is 5.73 Å². The summed E-state index contributed by atoms with van der Waals surface area (Å²) in [4.78, 5) is 22.4. The molecule has 2 rings (SSSR count). The fourth-order valence-electron chi connectivity index (χ4n) is 2.09. The predicted octanol–water partition coefficient (Wildman–Crippen LogP) is 0.587. The highest BCUT2D eigenvalue weighted by Gasteiger charge is 2.22. The molecule has 0 saturated carbocycles. The van der Waals surface area contributed by atoms with Crippen LogP contribution in [0.3, 0.4) is 0 Å². The zero-order chi connectivity index (χ0) is 14.5. The van der Waals surface area contributed by atoms with Crippen LogP contribution in [0.5, 0.6) is 0 Å². The number of esters is 1. The molecule has 0 unspecified atom stereocenters. The lowest BCUT2D eigenvalue weighted by molar-refractivity contribution is -0.142.